The minimum atomic E-state index is -0.259. The topological polar surface area (TPSA) is 26.3 Å². The van der Waals surface area contributed by atoms with Gasteiger partial charge >= 0.3 is 0 Å². The lowest BCUT2D eigenvalue weighted by Crippen LogP contribution is -1.92. The molecule has 0 amide bonds. The number of rotatable bonds is 4. The van der Waals surface area contributed by atoms with Crippen molar-refractivity contribution in [2.45, 2.75) is 12.5 Å². The molecule has 0 fully saturated rings. The van der Waals surface area contributed by atoms with E-state index in [4.69, 9.17) is 4.12 Å². The third kappa shape index (κ3) is 6.06. The van der Waals surface area contributed by atoms with Crippen LogP contribution >= 0.6 is 0 Å². The van der Waals surface area contributed by atoms with Crippen LogP contribution in [-0.4, -0.2) is 26.5 Å². The van der Waals surface area contributed by atoms with Gasteiger partial charge in [-0.3, -0.25) is 0 Å². The zero-order valence-corrected chi connectivity index (χ0v) is 7.93. The summed E-state index contributed by atoms with van der Waals surface area (Å²) in [6.07, 6.45) is 1.65. The van der Waals surface area contributed by atoms with Gasteiger partial charge in [0, 0.05) is 6.42 Å². The van der Waals surface area contributed by atoms with Crippen molar-refractivity contribution < 1.29 is 8.91 Å². The van der Waals surface area contributed by atoms with E-state index >= 15 is 0 Å². The van der Waals surface area contributed by atoms with Gasteiger partial charge in [0.2, 0.25) is 0 Å². The molecule has 0 heterocycles. The van der Waals surface area contributed by atoms with Crippen LogP contribution in [0.2, 0.25) is 6.04 Å². The molecule has 2 nitrogen and oxygen atoms in total. The monoisotopic (exact) mass is 134 g/mol. The lowest BCUT2D eigenvalue weighted by Gasteiger charge is -1.88. The van der Waals surface area contributed by atoms with E-state index in [9.17, 15) is 4.79 Å². The second-order valence-electron chi connectivity index (χ2n) is 1.30. The normalized spacial score (nSPS) is 10.9. The number of aldehydes is 1. The predicted octanol–water partition coefficient (Wildman–Crippen LogP) is -1.63. The molecular formula is C3H10O2Si2. The summed E-state index contributed by atoms with van der Waals surface area (Å²) in [6.45, 7) is 0. The fourth-order valence-electron chi connectivity index (χ4n) is 0.311. The first-order valence-corrected chi connectivity index (χ1v) is 4.73. The molecule has 4 heteroatoms. The Balaban J connectivity index is 2.56. The fourth-order valence-corrected chi connectivity index (χ4v) is 1.80. The third-order valence-corrected chi connectivity index (χ3v) is 3.00. The first kappa shape index (κ1) is 7.06. The van der Waals surface area contributed by atoms with Crippen molar-refractivity contribution in [3.8, 4) is 0 Å². The standard InChI is InChI=1S/C3H10O2Si2/c4-2-1-3-7-5-6/h2H,1,3,7H2,6H3. The highest BCUT2D eigenvalue weighted by molar-refractivity contribution is 6.34. The number of hydrogen-bond donors (Lipinski definition) is 0. The van der Waals surface area contributed by atoms with E-state index in [1.807, 2.05) is 0 Å². The molecule has 0 spiro atoms. The minimum absolute atomic E-state index is 0.259. The Morgan fingerprint density at radius 2 is 2.57 bits per heavy atom. The molecule has 0 saturated carbocycles. The molecule has 0 radical (unpaired) electrons. The Morgan fingerprint density at radius 1 is 1.86 bits per heavy atom. The molecule has 0 atom stereocenters. The van der Waals surface area contributed by atoms with Crippen LogP contribution in [0.25, 0.3) is 0 Å². The highest BCUT2D eigenvalue weighted by Crippen LogP contribution is 1.80. The van der Waals surface area contributed by atoms with Gasteiger partial charge < -0.3 is 8.91 Å². The molecule has 0 aliphatic heterocycles. The van der Waals surface area contributed by atoms with E-state index in [-0.39, 0.29) is 9.76 Å². The second-order valence-corrected chi connectivity index (χ2v) is 4.73. The first-order chi connectivity index (χ1) is 3.41. The Kier molecular flexibility index (Phi) is 6.12. The van der Waals surface area contributed by atoms with E-state index in [0.717, 1.165) is 22.8 Å². The SMILES string of the molecule is O=CCC[SiH2]O[SiH3]. The molecule has 0 N–H and O–H groups in total. The molecule has 0 aromatic rings. The van der Waals surface area contributed by atoms with Crippen molar-refractivity contribution in [1.29, 1.82) is 0 Å². The number of carbonyl (C=O) groups excluding carboxylic acids is 1. The van der Waals surface area contributed by atoms with Gasteiger partial charge in [-0.2, -0.15) is 0 Å². The third-order valence-electron chi connectivity index (χ3n) is 0.670. The number of hydrogen-bond acceptors (Lipinski definition) is 2. The second kappa shape index (κ2) is 6.06. The maximum atomic E-state index is 9.66. The van der Waals surface area contributed by atoms with Crippen LogP contribution in [0.15, 0.2) is 0 Å². The van der Waals surface area contributed by atoms with Crippen molar-refractivity contribution >= 4 is 26.5 Å². The summed E-state index contributed by atoms with van der Waals surface area (Å²) in [5, 5.41) is 0. The molecule has 0 aromatic heterocycles. The van der Waals surface area contributed by atoms with Crippen LogP contribution in [0, 0.1) is 0 Å². The van der Waals surface area contributed by atoms with Crippen LogP contribution in [0.1, 0.15) is 6.42 Å². The molecule has 0 saturated heterocycles. The van der Waals surface area contributed by atoms with Crippen molar-refractivity contribution in [1.82, 2.24) is 0 Å². The zero-order valence-electron chi connectivity index (χ0n) is 4.52. The summed E-state index contributed by atoms with van der Waals surface area (Å²) >= 11 is 0. The maximum Gasteiger partial charge on any atom is 0.146 e. The van der Waals surface area contributed by atoms with Gasteiger partial charge in [-0.25, -0.2) is 0 Å². The molecule has 0 aliphatic carbocycles. The largest absolute Gasteiger partial charge is 0.468 e. The van der Waals surface area contributed by atoms with Crippen molar-refractivity contribution in [3.63, 3.8) is 0 Å². The van der Waals surface area contributed by atoms with Crippen LogP contribution in [0.5, 0.6) is 0 Å². The van der Waals surface area contributed by atoms with Gasteiger partial charge in [0.1, 0.15) is 26.5 Å². The highest BCUT2D eigenvalue weighted by Gasteiger charge is 1.81. The summed E-state index contributed by atoms with van der Waals surface area (Å²) in [6, 6.07) is 1.02. The van der Waals surface area contributed by atoms with Crippen molar-refractivity contribution in [2.24, 2.45) is 0 Å². The van der Waals surface area contributed by atoms with Crippen LogP contribution < -0.4 is 0 Å². The summed E-state index contributed by atoms with van der Waals surface area (Å²) < 4.78 is 4.96. The molecular weight excluding hydrogens is 124 g/mol. The summed E-state index contributed by atoms with van der Waals surface area (Å²) in [5.41, 5.74) is 0. The van der Waals surface area contributed by atoms with Gasteiger partial charge in [-0.05, 0) is 6.04 Å². The highest BCUT2D eigenvalue weighted by atomic mass is 28.3. The summed E-state index contributed by atoms with van der Waals surface area (Å²) in [7, 11) is 0.593. The average molecular weight is 134 g/mol. The van der Waals surface area contributed by atoms with Crippen LogP contribution in [0.4, 0.5) is 0 Å². The van der Waals surface area contributed by atoms with Gasteiger partial charge in [-0.15, -0.1) is 0 Å². The van der Waals surface area contributed by atoms with E-state index < -0.39 is 0 Å². The number of carbonyl (C=O) groups is 1. The van der Waals surface area contributed by atoms with E-state index in [1.54, 1.807) is 0 Å². The Morgan fingerprint density at radius 3 is 3.00 bits per heavy atom. The molecule has 42 valence electrons. The molecule has 0 rings (SSSR count). The van der Waals surface area contributed by atoms with Gasteiger partial charge in [0.25, 0.3) is 0 Å². The molecule has 0 bridgehead atoms. The van der Waals surface area contributed by atoms with Gasteiger partial charge in [0.15, 0.2) is 0 Å². The first-order valence-electron chi connectivity index (χ1n) is 2.34. The maximum absolute atomic E-state index is 9.66. The van der Waals surface area contributed by atoms with Gasteiger partial charge in [-0.1, -0.05) is 0 Å². The Hall–Kier alpha value is 0.0638. The lowest BCUT2D eigenvalue weighted by atomic mass is 10.6. The fraction of sp³-hybridized carbons (Fsp3) is 0.667. The molecule has 0 unspecified atom stereocenters. The zero-order chi connectivity index (χ0) is 5.54. The lowest BCUT2D eigenvalue weighted by molar-refractivity contribution is -0.107. The summed E-state index contributed by atoms with van der Waals surface area (Å²) in [5.74, 6) is 0. The molecule has 0 aromatic carbocycles. The van der Waals surface area contributed by atoms with Crippen molar-refractivity contribution in [2.75, 3.05) is 0 Å². The van der Waals surface area contributed by atoms with Crippen LogP contribution in [0.3, 0.4) is 0 Å². The average Bonchev–Trinajstić information content (AvgIpc) is 1.69. The van der Waals surface area contributed by atoms with E-state index in [2.05, 4.69) is 0 Å². The summed E-state index contributed by atoms with van der Waals surface area (Å²) in [4.78, 5) is 9.66. The Labute approximate surface area is 48.7 Å². The molecule has 0 aliphatic rings. The smallest absolute Gasteiger partial charge is 0.146 e. The van der Waals surface area contributed by atoms with E-state index in [0.29, 0.717) is 6.42 Å². The minimum Gasteiger partial charge on any atom is -0.468 e. The predicted molar refractivity (Wildman–Crippen MR) is 35.1 cm³/mol. The Bertz CT molecular complexity index is 48.2. The van der Waals surface area contributed by atoms with Crippen molar-refractivity contribution in [3.05, 3.63) is 0 Å². The quantitative estimate of drug-likeness (QED) is 0.262. The van der Waals surface area contributed by atoms with E-state index in [1.165, 1.54) is 0 Å². The van der Waals surface area contributed by atoms with Gasteiger partial charge in [0.05, 0.1) is 0 Å². The van der Waals surface area contributed by atoms with Crippen LogP contribution in [-0.2, 0) is 8.91 Å². The molecule has 7 heavy (non-hydrogen) atoms.